The van der Waals surface area contributed by atoms with Crippen LogP contribution in [-0.4, -0.2) is 30.3 Å². The minimum Gasteiger partial charge on any atom is -0.496 e. The van der Waals surface area contributed by atoms with Crippen LogP contribution in [-0.2, 0) is 4.74 Å². The molecule has 0 aliphatic carbocycles. The van der Waals surface area contributed by atoms with Crippen molar-refractivity contribution in [3.05, 3.63) is 23.8 Å². The van der Waals surface area contributed by atoms with Gasteiger partial charge in [-0.1, -0.05) is 0 Å². The van der Waals surface area contributed by atoms with Crippen LogP contribution in [0.5, 0.6) is 5.75 Å². The molecule has 118 valence electrons. The SMILES string of the molecule is COc1ccc(NC(=O)OC(C)(C)C)cc1C(O)C(F)F. The van der Waals surface area contributed by atoms with E-state index in [0.29, 0.717) is 0 Å². The van der Waals surface area contributed by atoms with Crippen molar-refractivity contribution in [3.8, 4) is 5.75 Å². The van der Waals surface area contributed by atoms with Gasteiger partial charge >= 0.3 is 6.09 Å². The topological polar surface area (TPSA) is 67.8 Å². The Kier molecular flexibility index (Phi) is 5.48. The summed E-state index contributed by atoms with van der Waals surface area (Å²) in [6.07, 6.45) is -5.68. The van der Waals surface area contributed by atoms with Crippen molar-refractivity contribution in [2.75, 3.05) is 12.4 Å². The van der Waals surface area contributed by atoms with Crippen molar-refractivity contribution in [2.45, 2.75) is 38.9 Å². The largest absolute Gasteiger partial charge is 0.496 e. The average Bonchev–Trinajstić information content (AvgIpc) is 2.35. The number of benzene rings is 1. The van der Waals surface area contributed by atoms with Gasteiger partial charge in [0.1, 0.15) is 17.5 Å². The molecular formula is C14H19F2NO4. The molecule has 1 aromatic rings. The standard InChI is InChI=1S/C14H19F2NO4/c1-14(2,3)21-13(19)17-8-5-6-10(20-4)9(7-8)11(18)12(15)16/h5-7,11-12,18H,1-4H3,(H,17,19). The summed E-state index contributed by atoms with van der Waals surface area (Å²) in [6, 6.07) is 4.07. The first-order valence-electron chi connectivity index (χ1n) is 6.28. The lowest BCUT2D eigenvalue weighted by Gasteiger charge is -2.20. The van der Waals surface area contributed by atoms with Gasteiger partial charge in [0.15, 0.2) is 0 Å². The number of halogens is 2. The second kappa shape index (κ2) is 6.71. The molecule has 2 N–H and O–H groups in total. The van der Waals surface area contributed by atoms with E-state index in [2.05, 4.69) is 5.32 Å². The number of alkyl halides is 2. The third-order valence-corrected chi connectivity index (χ3v) is 2.43. The lowest BCUT2D eigenvalue weighted by molar-refractivity contribution is -0.00695. The normalized spacial score (nSPS) is 13.0. The second-order valence-corrected chi connectivity index (χ2v) is 5.36. The lowest BCUT2D eigenvalue weighted by Crippen LogP contribution is -2.27. The number of hydrogen-bond acceptors (Lipinski definition) is 4. The van der Waals surface area contributed by atoms with E-state index >= 15 is 0 Å². The molecule has 21 heavy (non-hydrogen) atoms. The summed E-state index contributed by atoms with van der Waals surface area (Å²) in [7, 11) is 1.30. The van der Waals surface area contributed by atoms with Gasteiger partial charge in [0.05, 0.1) is 7.11 Å². The predicted octanol–water partition coefficient (Wildman–Crippen LogP) is 3.34. The molecule has 1 unspecified atom stereocenters. The van der Waals surface area contributed by atoms with Crippen LogP contribution in [0.3, 0.4) is 0 Å². The van der Waals surface area contributed by atoms with Gasteiger partial charge in [-0.25, -0.2) is 13.6 Å². The molecular weight excluding hydrogens is 284 g/mol. The van der Waals surface area contributed by atoms with Gasteiger partial charge in [0.25, 0.3) is 6.43 Å². The molecule has 0 saturated carbocycles. The number of anilines is 1. The van der Waals surface area contributed by atoms with Crippen LogP contribution in [0.25, 0.3) is 0 Å². The molecule has 1 rings (SSSR count). The Bertz CT molecular complexity index is 500. The molecule has 5 nitrogen and oxygen atoms in total. The highest BCUT2D eigenvalue weighted by molar-refractivity contribution is 5.85. The van der Waals surface area contributed by atoms with E-state index in [1.807, 2.05) is 0 Å². The maximum atomic E-state index is 12.6. The summed E-state index contributed by atoms with van der Waals surface area (Å²) < 4.78 is 35.2. The first-order chi connectivity index (χ1) is 9.64. The zero-order chi connectivity index (χ0) is 16.2. The van der Waals surface area contributed by atoms with Crippen LogP contribution in [0.4, 0.5) is 19.3 Å². The van der Waals surface area contributed by atoms with Gasteiger partial charge in [-0.15, -0.1) is 0 Å². The molecule has 0 spiro atoms. The van der Waals surface area contributed by atoms with E-state index in [4.69, 9.17) is 9.47 Å². The Hall–Kier alpha value is -1.89. The van der Waals surface area contributed by atoms with Gasteiger partial charge in [-0.2, -0.15) is 0 Å². The highest BCUT2D eigenvalue weighted by Gasteiger charge is 2.24. The maximum Gasteiger partial charge on any atom is 0.412 e. The Labute approximate surface area is 121 Å². The Morgan fingerprint density at radius 1 is 1.33 bits per heavy atom. The zero-order valence-corrected chi connectivity index (χ0v) is 12.3. The number of aliphatic hydroxyl groups is 1. The maximum absolute atomic E-state index is 12.6. The second-order valence-electron chi connectivity index (χ2n) is 5.36. The van der Waals surface area contributed by atoms with Crippen LogP contribution < -0.4 is 10.1 Å². The van der Waals surface area contributed by atoms with Crippen LogP contribution in [0.2, 0.25) is 0 Å². The van der Waals surface area contributed by atoms with Crippen LogP contribution in [0.1, 0.15) is 32.4 Å². The third-order valence-electron chi connectivity index (χ3n) is 2.43. The van der Waals surface area contributed by atoms with Crippen LogP contribution in [0.15, 0.2) is 18.2 Å². The van der Waals surface area contributed by atoms with Crippen LogP contribution in [0, 0.1) is 0 Å². The van der Waals surface area contributed by atoms with E-state index in [1.54, 1.807) is 20.8 Å². The van der Waals surface area contributed by atoms with Gasteiger partial charge < -0.3 is 14.6 Å². The third kappa shape index (κ3) is 5.18. The van der Waals surface area contributed by atoms with E-state index in [9.17, 15) is 18.7 Å². The summed E-state index contributed by atoms with van der Waals surface area (Å²) in [5.74, 6) is 0.109. The monoisotopic (exact) mass is 303 g/mol. The quantitative estimate of drug-likeness (QED) is 0.895. The fourth-order valence-electron chi connectivity index (χ4n) is 1.60. The first kappa shape index (κ1) is 17.2. The number of aliphatic hydroxyl groups excluding tert-OH is 1. The first-order valence-corrected chi connectivity index (χ1v) is 6.28. The number of carbonyl (C=O) groups is 1. The molecule has 1 amide bonds. The summed E-state index contributed by atoms with van der Waals surface area (Å²) in [4.78, 5) is 11.6. The number of ether oxygens (including phenoxy) is 2. The average molecular weight is 303 g/mol. The minimum atomic E-state index is -2.96. The van der Waals surface area contributed by atoms with Crippen LogP contribution >= 0.6 is 0 Å². The number of methoxy groups -OCH3 is 1. The van der Waals surface area contributed by atoms with E-state index in [0.717, 1.165) is 0 Å². The Balaban J connectivity index is 2.95. The Morgan fingerprint density at radius 3 is 2.43 bits per heavy atom. The van der Waals surface area contributed by atoms with Crippen molar-refractivity contribution in [2.24, 2.45) is 0 Å². The van der Waals surface area contributed by atoms with Gasteiger partial charge in [-0.05, 0) is 39.0 Å². The minimum absolute atomic E-state index is 0.109. The van der Waals surface area contributed by atoms with E-state index < -0.39 is 24.2 Å². The van der Waals surface area contributed by atoms with Gasteiger partial charge in [0, 0.05) is 11.3 Å². The van der Waals surface area contributed by atoms with E-state index in [-0.39, 0.29) is 17.0 Å². The fourth-order valence-corrected chi connectivity index (χ4v) is 1.60. The summed E-state index contributed by atoms with van der Waals surface area (Å²) in [5.41, 5.74) is -0.567. The molecule has 0 aromatic heterocycles. The Morgan fingerprint density at radius 2 is 1.95 bits per heavy atom. The van der Waals surface area contributed by atoms with Crippen molar-refractivity contribution in [1.82, 2.24) is 0 Å². The number of hydrogen-bond donors (Lipinski definition) is 2. The highest BCUT2D eigenvalue weighted by atomic mass is 19.3. The van der Waals surface area contributed by atoms with Crippen molar-refractivity contribution >= 4 is 11.8 Å². The number of nitrogens with one attached hydrogen (secondary N) is 1. The summed E-state index contributed by atoms with van der Waals surface area (Å²) in [6.45, 7) is 5.10. The molecule has 0 aliphatic rings. The fraction of sp³-hybridized carbons (Fsp3) is 0.500. The number of rotatable bonds is 4. The number of amides is 1. The van der Waals surface area contributed by atoms with Gasteiger partial charge in [0.2, 0.25) is 0 Å². The molecule has 1 aromatic carbocycles. The van der Waals surface area contributed by atoms with Crippen molar-refractivity contribution < 1.29 is 28.2 Å². The molecule has 0 radical (unpaired) electrons. The van der Waals surface area contributed by atoms with Gasteiger partial charge in [-0.3, -0.25) is 5.32 Å². The molecule has 0 heterocycles. The molecule has 0 bridgehead atoms. The predicted molar refractivity (Wildman–Crippen MR) is 73.8 cm³/mol. The zero-order valence-electron chi connectivity index (χ0n) is 12.3. The summed E-state index contributed by atoms with van der Waals surface area (Å²) >= 11 is 0. The molecule has 7 heteroatoms. The van der Waals surface area contributed by atoms with E-state index in [1.165, 1.54) is 25.3 Å². The van der Waals surface area contributed by atoms with Crippen molar-refractivity contribution in [1.29, 1.82) is 0 Å². The summed E-state index contributed by atoms with van der Waals surface area (Å²) in [5, 5.41) is 11.9. The highest BCUT2D eigenvalue weighted by Crippen LogP contribution is 2.31. The molecule has 0 fully saturated rings. The number of carbonyl (C=O) groups excluding carboxylic acids is 1. The van der Waals surface area contributed by atoms with Crippen molar-refractivity contribution in [3.63, 3.8) is 0 Å². The molecule has 0 saturated heterocycles. The molecule has 1 atom stereocenters. The smallest absolute Gasteiger partial charge is 0.412 e. The molecule has 0 aliphatic heterocycles. The lowest BCUT2D eigenvalue weighted by atomic mass is 10.1.